The molecule has 0 unspecified atom stereocenters. The molecule has 0 saturated carbocycles. The molecule has 4 N–H and O–H groups in total. The molecule has 0 bridgehead atoms. The van der Waals surface area contributed by atoms with E-state index in [1.807, 2.05) is 13.1 Å². The number of nitrogens with two attached hydrogens (primary N) is 1. The summed E-state index contributed by atoms with van der Waals surface area (Å²) in [5, 5.41) is 9.80. The predicted octanol–water partition coefficient (Wildman–Crippen LogP) is 2.01. The minimum absolute atomic E-state index is 0.231. The van der Waals surface area contributed by atoms with Crippen LogP contribution in [0.15, 0.2) is 18.3 Å². The number of H-pyrrole nitrogens is 1. The Labute approximate surface area is 86.7 Å². The lowest BCUT2D eigenvalue weighted by molar-refractivity contribution is 0.0697. The van der Waals surface area contributed by atoms with Gasteiger partial charge < -0.3 is 15.8 Å². The van der Waals surface area contributed by atoms with Crippen LogP contribution in [0.3, 0.4) is 0 Å². The van der Waals surface area contributed by atoms with Gasteiger partial charge in [-0.05, 0) is 24.1 Å². The van der Waals surface area contributed by atoms with E-state index in [0.29, 0.717) is 5.69 Å². The molecular weight excluding hydrogens is 192 g/mol. The van der Waals surface area contributed by atoms with E-state index in [2.05, 4.69) is 4.98 Å². The fourth-order valence-corrected chi connectivity index (χ4v) is 1.73. The summed E-state index contributed by atoms with van der Waals surface area (Å²) in [7, 11) is 0. The number of aromatic nitrogens is 1. The molecule has 0 saturated heterocycles. The molecule has 15 heavy (non-hydrogen) atoms. The molecule has 1 heterocycles. The maximum atomic E-state index is 10.9. The van der Waals surface area contributed by atoms with Crippen LogP contribution in [0.1, 0.15) is 22.8 Å². The topological polar surface area (TPSA) is 79.1 Å². The second-order valence-electron chi connectivity index (χ2n) is 3.46. The minimum Gasteiger partial charge on any atom is -0.478 e. The second-order valence-corrected chi connectivity index (χ2v) is 3.46. The fourth-order valence-electron chi connectivity index (χ4n) is 1.73. The Balaban J connectivity index is 2.77. The number of anilines is 1. The van der Waals surface area contributed by atoms with E-state index in [-0.39, 0.29) is 5.56 Å². The molecule has 0 atom stereocenters. The van der Waals surface area contributed by atoms with Gasteiger partial charge in [-0.1, -0.05) is 6.92 Å². The molecule has 4 nitrogen and oxygen atoms in total. The summed E-state index contributed by atoms with van der Waals surface area (Å²) in [6.07, 6.45) is 2.72. The number of fused-ring (bicyclic) bond motifs is 1. The van der Waals surface area contributed by atoms with Crippen LogP contribution in [0.4, 0.5) is 5.69 Å². The van der Waals surface area contributed by atoms with Gasteiger partial charge in [0.2, 0.25) is 0 Å². The molecule has 0 spiro atoms. The van der Waals surface area contributed by atoms with Gasteiger partial charge in [0.1, 0.15) is 0 Å². The number of carboxylic acid groups (broad SMARTS) is 1. The number of carboxylic acids is 1. The Kier molecular flexibility index (Phi) is 2.11. The Morgan fingerprint density at radius 3 is 2.87 bits per heavy atom. The van der Waals surface area contributed by atoms with Crippen molar-refractivity contribution >= 4 is 22.6 Å². The highest BCUT2D eigenvalue weighted by atomic mass is 16.4. The number of aryl methyl sites for hydroxylation is 1. The predicted molar refractivity (Wildman–Crippen MR) is 59.0 cm³/mol. The van der Waals surface area contributed by atoms with Crippen LogP contribution in [-0.2, 0) is 6.42 Å². The first kappa shape index (κ1) is 9.58. The van der Waals surface area contributed by atoms with E-state index in [9.17, 15) is 4.79 Å². The van der Waals surface area contributed by atoms with Gasteiger partial charge in [-0.2, -0.15) is 0 Å². The highest BCUT2D eigenvalue weighted by Gasteiger charge is 2.10. The van der Waals surface area contributed by atoms with Crippen molar-refractivity contribution in [3.05, 3.63) is 29.5 Å². The number of hydrogen-bond acceptors (Lipinski definition) is 2. The standard InChI is InChI=1S/C11H12N2O2/c1-2-6-5-13-10-8(6)3-7(11(14)15)4-9(10)12/h3-5,13H,2,12H2,1H3,(H,14,15). The molecule has 0 aliphatic rings. The van der Waals surface area contributed by atoms with Gasteiger partial charge in [0.25, 0.3) is 0 Å². The van der Waals surface area contributed by atoms with Crippen molar-refractivity contribution in [3.8, 4) is 0 Å². The van der Waals surface area contributed by atoms with E-state index >= 15 is 0 Å². The number of rotatable bonds is 2. The van der Waals surface area contributed by atoms with E-state index < -0.39 is 5.97 Å². The Hall–Kier alpha value is -1.97. The van der Waals surface area contributed by atoms with E-state index in [1.54, 1.807) is 6.07 Å². The second kappa shape index (κ2) is 3.31. The number of aromatic carboxylic acids is 1. The number of carbonyl (C=O) groups is 1. The highest BCUT2D eigenvalue weighted by molar-refractivity contribution is 6.00. The van der Waals surface area contributed by atoms with Crippen molar-refractivity contribution in [2.24, 2.45) is 0 Å². The van der Waals surface area contributed by atoms with Crippen LogP contribution in [0.2, 0.25) is 0 Å². The molecular formula is C11H12N2O2. The van der Waals surface area contributed by atoms with Crippen molar-refractivity contribution in [2.45, 2.75) is 13.3 Å². The molecule has 1 aromatic carbocycles. The zero-order chi connectivity index (χ0) is 11.0. The lowest BCUT2D eigenvalue weighted by atomic mass is 10.1. The molecule has 2 rings (SSSR count). The quantitative estimate of drug-likeness (QED) is 0.654. The number of hydrogen-bond donors (Lipinski definition) is 3. The van der Waals surface area contributed by atoms with Gasteiger partial charge in [0.15, 0.2) is 0 Å². The minimum atomic E-state index is -0.952. The number of aromatic amines is 1. The summed E-state index contributed by atoms with van der Waals surface area (Å²) in [5.41, 5.74) is 8.38. The van der Waals surface area contributed by atoms with E-state index in [4.69, 9.17) is 10.8 Å². The van der Waals surface area contributed by atoms with Crippen LogP contribution in [0, 0.1) is 0 Å². The monoisotopic (exact) mass is 204 g/mol. The Morgan fingerprint density at radius 2 is 2.27 bits per heavy atom. The van der Waals surface area contributed by atoms with Gasteiger partial charge >= 0.3 is 5.97 Å². The first-order valence-electron chi connectivity index (χ1n) is 4.76. The molecule has 1 aromatic heterocycles. The summed E-state index contributed by atoms with van der Waals surface area (Å²) < 4.78 is 0. The zero-order valence-corrected chi connectivity index (χ0v) is 8.37. The first-order valence-corrected chi connectivity index (χ1v) is 4.76. The first-order chi connectivity index (χ1) is 7.13. The summed E-state index contributed by atoms with van der Waals surface area (Å²) in [5.74, 6) is -0.952. The van der Waals surface area contributed by atoms with Gasteiger partial charge in [-0.25, -0.2) is 4.79 Å². The Bertz CT molecular complexity index is 529. The number of nitrogens with one attached hydrogen (secondary N) is 1. The van der Waals surface area contributed by atoms with Gasteiger partial charge in [-0.15, -0.1) is 0 Å². The van der Waals surface area contributed by atoms with Gasteiger partial charge in [0.05, 0.1) is 16.8 Å². The van der Waals surface area contributed by atoms with E-state index in [0.717, 1.165) is 22.9 Å². The summed E-state index contributed by atoms with van der Waals surface area (Å²) in [4.78, 5) is 13.9. The number of benzene rings is 1. The maximum Gasteiger partial charge on any atom is 0.335 e. The molecule has 4 heteroatoms. The third-order valence-electron chi connectivity index (χ3n) is 2.53. The lowest BCUT2D eigenvalue weighted by Crippen LogP contribution is -1.98. The average molecular weight is 204 g/mol. The SMILES string of the molecule is CCc1c[nH]c2c(N)cc(C(=O)O)cc12. The van der Waals surface area contributed by atoms with Crippen LogP contribution in [-0.4, -0.2) is 16.1 Å². The summed E-state index contributed by atoms with van der Waals surface area (Å²) in [6, 6.07) is 3.13. The summed E-state index contributed by atoms with van der Waals surface area (Å²) in [6.45, 7) is 2.02. The molecule has 0 aliphatic heterocycles. The van der Waals surface area contributed by atoms with Crippen molar-refractivity contribution < 1.29 is 9.90 Å². The van der Waals surface area contributed by atoms with Gasteiger partial charge in [-0.3, -0.25) is 0 Å². The van der Waals surface area contributed by atoms with E-state index in [1.165, 1.54) is 6.07 Å². The maximum absolute atomic E-state index is 10.9. The zero-order valence-electron chi connectivity index (χ0n) is 8.37. The molecule has 2 aromatic rings. The molecule has 0 amide bonds. The molecule has 0 radical (unpaired) electrons. The largest absolute Gasteiger partial charge is 0.478 e. The van der Waals surface area contributed by atoms with Crippen molar-refractivity contribution in [2.75, 3.05) is 5.73 Å². The van der Waals surface area contributed by atoms with Crippen LogP contribution in [0.5, 0.6) is 0 Å². The lowest BCUT2D eigenvalue weighted by Gasteiger charge is -2.01. The molecule has 0 aliphatic carbocycles. The van der Waals surface area contributed by atoms with Crippen molar-refractivity contribution in [1.29, 1.82) is 0 Å². The molecule has 78 valence electrons. The third kappa shape index (κ3) is 1.44. The average Bonchev–Trinajstić information content (AvgIpc) is 2.60. The number of nitrogen functional groups attached to an aromatic ring is 1. The highest BCUT2D eigenvalue weighted by Crippen LogP contribution is 2.25. The van der Waals surface area contributed by atoms with Crippen molar-refractivity contribution in [1.82, 2.24) is 4.98 Å². The third-order valence-corrected chi connectivity index (χ3v) is 2.53. The van der Waals surface area contributed by atoms with Crippen molar-refractivity contribution in [3.63, 3.8) is 0 Å². The summed E-state index contributed by atoms with van der Waals surface area (Å²) >= 11 is 0. The van der Waals surface area contributed by atoms with Crippen LogP contribution < -0.4 is 5.73 Å². The van der Waals surface area contributed by atoms with Crippen LogP contribution >= 0.6 is 0 Å². The Morgan fingerprint density at radius 1 is 1.53 bits per heavy atom. The fraction of sp³-hybridized carbons (Fsp3) is 0.182. The van der Waals surface area contributed by atoms with Gasteiger partial charge in [0, 0.05) is 11.6 Å². The normalized spacial score (nSPS) is 10.7. The molecule has 0 fully saturated rings. The van der Waals surface area contributed by atoms with Crippen LogP contribution in [0.25, 0.3) is 10.9 Å². The smallest absolute Gasteiger partial charge is 0.335 e.